The monoisotopic (exact) mass is 257 g/mol. The second-order valence-corrected chi connectivity index (χ2v) is 6.49. The van der Waals surface area contributed by atoms with Gasteiger partial charge < -0.3 is 4.57 Å². The van der Waals surface area contributed by atoms with E-state index in [0.29, 0.717) is 0 Å². The molecule has 1 aliphatic heterocycles. The number of sulfonamides is 1. The quantitative estimate of drug-likeness (QED) is 0.886. The van der Waals surface area contributed by atoms with Crippen molar-refractivity contribution in [3.05, 3.63) is 11.5 Å². The summed E-state index contributed by atoms with van der Waals surface area (Å²) in [6.07, 6.45) is 2.94. The van der Waals surface area contributed by atoms with Gasteiger partial charge in [-0.15, -0.1) is 0 Å². The number of fused-ring (bicyclic) bond motifs is 1. The summed E-state index contributed by atoms with van der Waals surface area (Å²) < 4.78 is 28.3. The van der Waals surface area contributed by atoms with Gasteiger partial charge in [0.1, 0.15) is 5.82 Å². The number of hydrogen-bond donors (Lipinski definition) is 1. The van der Waals surface area contributed by atoms with E-state index in [-0.39, 0.29) is 10.9 Å². The molecule has 0 radical (unpaired) electrons. The van der Waals surface area contributed by atoms with Crippen molar-refractivity contribution in [3.63, 3.8) is 0 Å². The van der Waals surface area contributed by atoms with Crippen molar-refractivity contribution in [2.45, 2.75) is 50.6 Å². The van der Waals surface area contributed by atoms with Gasteiger partial charge in [-0.25, -0.2) is 18.1 Å². The molecule has 96 valence electrons. The standard InChI is InChI=1S/C11H19N3O2S/c1-8(2)10-13-11(17(15,16)12-3)9-6-4-5-7-14(9)10/h8,12H,4-7H2,1-3H3. The van der Waals surface area contributed by atoms with Gasteiger partial charge in [0.25, 0.3) is 10.0 Å². The van der Waals surface area contributed by atoms with E-state index < -0.39 is 10.0 Å². The third-order valence-electron chi connectivity index (χ3n) is 3.15. The molecule has 1 aliphatic rings. The predicted octanol–water partition coefficient (Wildman–Crippen LogP) is 1.25. The second kappa shape index (κ2) is 4.42. The number of nitrogens with one attached hydrogen (secondary N) is 1. The number of aromatic nitrogens is 2. The third-order valence-corrected chi connectivity index (χ3v) is 4.52. The van der Waals surface area contributed by atoms with E-state index in [1.54, 1.807) is 0 Å². The van der Waals surface area contributed by atoms with Crippen molar-refractivity contribution in [1.82, 2.24) is 14.3 Å². The molecule has 0 aromatic carbocycles. The molecule has 0 saturated heterocycles. The molecule has 0 amide bonds. The van der Waals surface area contributed by atoms with Crippen molar-refractivity contribution in [2.24, 2.45) is 0 Å². The Morgan fingerprint density at radius 2 is 2.06 bits per heavy atom. The van der Waals surface area contributed by atoms with E-state index >= 15 is 0 Å². The first kappa shape index (κ1) is 12.6. The highest BCUT2D eigenvalue weighted by Crippen LogP contribution is 2.27. The molecular weight excluding hydrogens is 238 g/mol. The highest BCUT2D eigenvalue weighted by Gasteiger charge is 2.28. The van der Waals surface area contributed by atoms with Crippen molar-refractivity contribution in [1.29, 1.82) is 0 Å². The van der Waals surface area contributed by atoms with Gasteiger partial charge in [0.2, 0.25) is 0 Å². The van der Waals surface area contributed by atoms with E-state index in [0.717, 1.165) is 37.3 Å². The van der Waals surface area contributed by atoms with Crippen LogP contribution in [0.25, 0.3) is 0 Å². The van der Waals surface area contributed by atoms with Crippen molar-refractivity contribution in [3.8, 4) is 0 Å². The van der Waals surface area contributed by atoms with E-state index in [9.17, 15) is 8.42 Å². The van der Waals surface area contributed by atoms with Crippen molar-refractivity contribution < 1.29 is 8.42 Å². The first-order chi connectivity index (χ1) is 7.97. The minimum absolute atomic E-state index is 0.225. The molecule has 2 rings (SSSR count). The fourth-order valence-electron chi connectivity index (χ4n) is 2.29. The summed E-state index contributed by atoms with van der Waals surface area (Å²) in [7, 11) is -2.00. The summed E-state index contributed by atoms with van der Waals surface area (Å²) >= 11 is 0. The van der Waals surface area contributed by atoms with E-state index in [2.05, 4.69) is 14.3 Å². The number of hydrogen-bond acceptors (Lipinski definition) is 3. The van der Waals surface area contributed by atoms with Crippen LogP contribution in [0.3, 0.4) is 0 Å². The molecule has 0 atom stereocenters. The lowest BCUT2D eigenvalue weighted by molar-refractivity contribution is 0.500. The Kier molecular flexibility index (Phi) is 3.27. The normalized spacial score (nSPS) is 16.2. The van der Waals surface area contributed by atoms with Gasteiger partial charge >= 0.3 is 0 Å². The lowest BCUT2D eigenvalue weighted by Crippen LogP contribution is -2.22. The molecule has 1 aromatic heterocycles. The smallest absolute Gasteiger partial charge is 0.259 e. The number of imidazole rings is 1. The van der Waals surface area contributed by atoms with Crippen LogP contribution >= 0.6 is 0 Å². The fourth-order valence-corrected chi connectivity index (χ4v) is 3.22. The van der Waals surface area contributed by atoms with Gasteiger partial charge in [0.05, 0.1) is 5.69 Å². The zero-order valence-electron chi connectivity index (χ0n) is 10.5. The van der Waals surface area contributed by atoms with Crippen LogP contribution in [0.2, 0.25) is 0 Å². The molecular formula is C11H19N3O2S. The van der Waals surface area contributed by atoms with Gasteiger partial charge in [-0.1, -0.05) is 13.8 Å². The first-order valence-electron chi connectivity index (χ1n) is 6.00. The Hall–Kier alpha value is -0.880. The summed E-state index contributed by atoms with van der Waals surface area (Å²) in [5.41, 5.74) is 0.870. The van der Waals surface area contributed by atoms with E-state index in [1.807, 2.05) is 13.8 Å². The molecule has 0 saturated carbocycles. The molecule has 0 fully saturated rings. The molecule has 5 nitrogen and oxygen atoms in total. The van der Waals surface area contributed by atoms with E-state index in [1.165, 1.54) is 7.05 Å². The summed E-state index contributed by atoms with van der Waals surface area (Å²) in [4.78, 5) is 4.35. The van der Waals surface area contributed by atoms with Crippen LogP contribution in [0, 0.1) is 0 Å². The molecule has 0 aliphatic carbocycles. The molecule has 0 unspecified atom stereocenters. The molecule has 1 aromatic rings. The first-order valence-corrected chi connectivity index (χ1v) is 7.48. The lowest BCUT2D eigenvalue weighted by Gasteiger charge is -2.18. The summed E-state index contributed by atoms with van der Waals surface area (Å²) in [5.74, 6) is 1.13. The highest BCUT2D eigenvalue weighted by atomic mass is 32.2. The maximum atomic E-state index is 11.9. The van der Waals surface area contributed by atoms with Crippen LogP contribution < -0.4 is 4.72 Å². The largest absolute Gasteiger partial charge is 0.330 e. The summed E-state index contributed by atoms with van der Waals surface area (Å²) in [6.45, 7) is 4.97. The van der Waals surface area contributed by atoms with Gasteiger partial charge in [-0.2, -0.15) is 0 Å². The maximum Gasteiger partial charge on any atom is 0.259 e. The van der Waals surface area contributed by atoms with Crippen molar-refractivity contribution in [2.75, 3.05) is 7.05 Å². The third kappa shape index (κ3) is 2.11. The average molecular weight is 257 g/mol. The van der Waals surface area contributed by atoms with Crippen LogP contribution in [-0.4, -0.2) is 25.0 Å². The topological polar surface area (TPSA) is 64.0 Å². The SMILES string of the molecule is CNS(=O)(=O)c1nc(C(C)C)n2c1CCCC2. The highest BCUT2D eigenvalue weighted by molar-refractivity contribution is 7.89. The van der Waals surface area contributed by atoms with Gasteiger partial charge in [-0.3, -0.25) is 0 Å². The Balaban J connectivity index is 2.62. The zero-order chi connectivity index (χ0) is 12.6. The lowest BCUT2D eigenvalue weighted by atomic mass is 10.1. The second-order valence-electron chi connectivity index (χ2n) is 4.69. The molecule has 0 spiro atoms. The number of nitrogens with zero attached hydrogens (tertiary/aromatic N) is 2. The van der Waals surface area contributed by atoms with Crippen LogP contribution in [0.5, 0.6) is 0 Å². The Morgan fingerprint density at radius 3 is 2.65 bits per heavy atom. The van der Waals surface area contributed by atoms with Crippen LogP contribution in [0.15, 0.2) is 5.03 Å². The summed E-state index contributed by atoms with van der Waals surface area (Å²) in [6, 6.07) is 0. The fraction of sp³-hybridized carbons (Fsp3) is 0.727. The van der Waals surface area contributed by atoms with Crippen LogP contribution in [0.4, 0.5) is 0 Å². The minimum Gasteiger partial charge on any atom is -0.330 e. The van der Waals surface area contributed by atoms with Gasteiger partial charge in [0.15, 0.2) is 5.03 Å². The average Bonchev–Trinajstić information content (AvgIpc) is 2.69. The molecule has 1 N–H and O–H groups in total. The Morgan fingerprint density at radius 1 is 1.35 bits per heavy atom. The minimum atomic E-state index is -3.43. The molecule has 0 bridgehead atoms. The Bertz CT molecular complexity index is 517. The molecule has 17 heavy (non-hydrogen) atoms. The van der Waals surface area contributed by atoms with Crippen molar-refractivity contribution >= 4 is 10.0 Å². The summed E-state index contributed by atoms with van der Waals surface area (Å²) in [5, 5.41) is 0.225. The van der Waals surface area contributed by atoms with Crippen LogP contribution in [-0.2, 0) is 23.0 Å². The van der Waals surface area contributed by atoms with Crippen LogP contribution in [0.1, 0.15) is 44.1 Å². The predicted molar refractivity (Wildman–Crippen MR) is 65.5 cm³/mol. The van der Waals surface area contributed by atoms with Gasteiger partial charge in [-0.05, 0) is 26.3 Å². The van der Waals surface area contributed by atoms with E-state index in [4.69, 9.17) is 0 Å². The Labute approximate surface area is 102 Å². The zero-order valence-corrected chi connectivity index (χ0v) is 11.3. The van der Waals surface area contributed by atoms with Gasteiger partial charge in [0, 0.05) is 12.5 Å². The molecule has 6 heteroatoms. The maximum absolute atomic E-state index is 11.9. The number of rotatable bonds is 3. The molecule has 2 heterocycles.